The predicted octanol–water partition coefficient (Wildman–Crippen LogP) is 2.33. The minimum atomic E-state index is -0.385. The second-order valence-electron chi connectivity index (χ2n) is 5.66. The molecule has 2 heterocycles. The number of aromatic nitrogens is 1. The molecular formula is C17H20N4O4. The molecule has 0 atom stereocenters. The molecule has 0 bridgehead atoms. The first kappa shape index (κ1) is 16.8. The van der Waals surface area contributed by atoms with Crippen LogP contribution in [0.15, 0.2) is 36.4 Å². The summed E-state index contributed by atoms with van der Waals surface area (Å²) in [5.41, 5.74) is 1.09. The molecule has 2 aromatic rings. The average molecular weight is 344 g/mol. The van der Waals surface area contributed by atoms with E-state index < -0.39 is 0 Å². The number of benzene rings is 1. The van der Waals surface area contributed by atoms with Crippen LogP contribution in [-0.2, 0) is 0 Å². The molecule has 0 spiro atoms. The Kier molecular flexibility index (Phi) is 4.87. The van der Waals surface area contributed by atoms with Gasteiger partial charge in [-0.15, -0.1) is 0 Å². The van der Waals surface area contributed by atoms with E-state index in [0.717, 1.165) is 37.7 Å². The quantitative estimate of drug-likeness (QED) is 0.608. The van der Waals surface area contributed by atoms with Gasteiger partial charge in [-0.05, 0) is 12.1 Å². The van der Waals surface area contributed by atoms with Gasteiger partial charge in [0.05, 0.1) is 19.1 Å². The summed E-state index contributed by atoms with van der Waals surface area (Å²) in [5.74, 6) is 2.05. The highest BCUT2D eigenvalue weighted by Crippen LogP contribution is 2.26. The molecule has 1 aliphatic rings. The van der Waals surface area contributed by atoms with Crippen LogP contribution in [0.25, 0.3) is 0 Å². The molecule has 8 heteroatoms. The Morgan fingerprint density at radius 1 is 1.00 bits per heavy atom. The first-order valence-corrected chi connectivity index (χ1v) is 7.95. The second kappa shape index (κ2) is 7.25. The fourth-order valence-electron chi connectivity index (χ4n) is 2.83. The Morgan fingerprint density at radius 2 is 1.64 bits per heavy atom. The third kappa shape index (κ3) is 3.73. The van der Waals surface area contributed by atoms with Crippen LogP contribution >= 0.6 is 0 Å². The lowest BCUT2D eigenvalue weighted by atomic mass is 10.2. The third-order valence-corrected chi connectivity index (χ3v) is 4.24. The highest BCUT2D eigenvalue weighted by molar-refractivity contribution is 5.53. The van der Waals surface area contributed by atoms with Crippen LogP contribution in [-0.4, -0.2) is 50.3 Å². The number of nitro groups is 1. The molecule has 0 saturated carbocycles. The monoisotopic (exact) mass is 344 g/mol. The van der Waals surface area contributed by atoms with Crippen LogP contribution in [0.3, 0.4) is 0 Å². The fourth-order valence-corrected chi connectivity index (χ4v) is 2.83. The molecule has 1 aromatic heterocycles. The van der Waals surface area contributed by atoms with E-state index in [-0.39, 0.29) is 10.6 Å². The van der Waals surface area contributed by atoms with Crippen molar-refractivity contribution in [2.45, 2.75) is 0 Å². The van der Waals surface area contributed by atoms with Gasteiger partial charge in [-0.1, -0.05) is 0 Å². The summed E-state index contributed by atoms with van der Waals surface area (Å²) in [6.45, 7) is 3.19. The van der Waals surface area contributed by atoms with Crippen LogP contribution in [0, 0.1) is 10.1 Å². The summed E-state index contributed by atoms with van der Waals surface area (Å²) in [5, 5.41) is 10.8. The summed E-state index contributed by atoms with van der Waals surface area (Å²) >= 11 is 0. The van der Waals surface area contributed by atoms with Crippen LogP contribution < -0.4 is 19.3 Å². The maximum Gasteiger partial charge on any atom is 0.269 e. The predicted molar refractivity (Wildman–Crippen MR) is 94.9 cm³/mol. The standard InChI is InChI=1S/C17H20N4O4/c1-24-15-11-16(18-17(12-15)25-2)20-9-7-19(8-10-20)13-3-5-14(6-4-13)21(22)23/h3-6,11-12H,7-10H2,1-2H3. The SMILES string of the molecule is COc1cc(OC)nc(N2CCN(c3ccc([N+](=O)[O-])cc3)CC2)c1. The number of methoxy groups -OCH3 is 2. The zero-order chi connectivity index (χ0) is 17.8. The van der Waals surface area contributed by atoms with E-state index in [2.05, 4.69) is 14.8 Å². The maximum absolute atomic E-state index is 10.8. The van der Waals surface area contributed by atoms with Crippen LogP contribution in [0.2, 0.25) is 0 Å². The van der Waals surface area contributed by atoms with Gasteiger partial charge in [0, 0.05) is 56.1 Å². The number of ether oxygens (including phenoxy) is 2. The number of anilines is 2. The van der Waals surface area contributed by atoms with E-state index in [1.54, 1.807) is 32.4 Å². The minimum Gasteiger partial charge on any atom is -0.496 e. The van der Waals surface area contributed by atoms with Gasteiger partial charge in [-0.3, -0.25) is 10.1 Å². The highest BCUT2D eigenvalue weighted by Gasteiger charge is 2.20. The van der Waals surface area contributed by atoms with Crippen molar-refractivity contribution < 1.29 is 14.4 Å². The van der Waals surface area contributed by atoms with E-state index in [1.807, 2.05) is 6.07 Å². The number of non-ortho nitro benzene ring substituents is 1. The largest absolute Gasteiger partial charge is 0.496 e. The Balaban J connectivity index is 1.68. The number of nitro benzene ring substituents is 1. The number of hydrogen-bond acceptors (Lipinski definition) is 7. The lowest BCUT2D eigenvalue weighted by Crippen LogP contribution is -2.46. The summed E-state index contributed by atoms with van der Waals surface area (Å²) in [7, 11) is 3.20. The zero-order valence-corrected chi connectivity index (χ0v) is 14.2. The molecule has 0 amide bonds. The van der Waals surface area contributed by atoms with Gasteiger partial charge >= 0.3 is 0 Å². The summed E-state index contributed by atoms with van der Waals surface area (Å²) in [4.78, 5) is 19.2. The molecular weight excluding hydrogens is 324 g/mol. The topological polar surface area (TPSA) is 81.0 Å². The van der Waals surface area contributed by atoms with Gasteiger partial charge in [-0.25, -0.2) is 0 Å². The Morgan fingerprint density at radius 3 is 2.20 bits per heavy atom. The van der Waals surface area contributed by atoms with E-state index in [4.69, 9.17) is 9.47 Å². The number of rotatable bonds is 5. The van der Waals surface area contributed by atoms with Crippen molar-refractivity contribution in [3.05, 3.63) is 46.5 Å². The number of nitrogens with zero attached hydrogens (tertiary/aromatic N) is 4. The van der Waals surface area contributed by atoms with Crippen LogP contribution in [0.1, 0.15) is 0 Å². The lowest BCUT2D eigenvalue weighted by Gasteiger charge is -2.36. The average Bonchev–Trinajstić information content (AvgIpc) is 2.67. The molecule has 1 aromatic carbocycles. The molecule has 0 N–H and O–H groups in total. The Labute approximate surface area is 145 Å². The van der Waals surface area contributed by atoms with Crippen molar-refractivity contribution in [3.63, 3.8) is 0 Å². The number of pyridine rings is 1. The third-order valence-electron chi connectivity index (χ3n) is 4.24. The molecule has 1 aliphatic heterocycles. The van der Waals surface area contributed by atoms with Crippen molar-refractivity contribution >= 4 is 17.2 Å². The van der Waals surface area contributed by atoms with Crippen molar-refractivity contribution in [2.24, 2.45) is 0 Å². The van der Waals surface area contributed by atoms with Crippen LogP contribution in [0.4, 0.5) is 17.2 Å². The van der Waals surface area contributed by atoms with Gasteiger partial charge < -0.3 is 19.3 Å². The minimum absolute atomic E-state index is 0.107. The van der Waals surface area contributed by atoms with Gasteiger partial charge in [0.2, 0.25) is 5.88 Å². The van der Waals surface area contributed by atoms with Gasteiger partial charge in [0.25, 0.3) is 5.69 Å². The molecule has 132 valence electrons. The first-order chi connectivity index (χ1) is 12.1. The normalized spacial score (nSPS) is 14.3. The van der Waals surface area contributed by atoms with Gasteiger partial charge in [0.1, 0.15) is 11.6 Å². The molecule has 0 radical (unpaired) electrons. The van der Waals surface area contributed by atoms with Crippen molar-refractivity contribution in [1.29, 1.82) is 0 Å². The molecule has 1 fully saturated rings. The summed E-state index contributed by atoms with van der Waals surface area (Å²) in [6.07, 6.45) is 0. The highest BCUT2D eigenvalue weighted by atomic mass is 16.6. The molecule has 8 nitrogen and oxygen atoms in total. The Hall–Kier alpha value is -3.03. The van der Waals surface area contributed by atoms with Crippen molar-refractivity contribution in [2.75, 3.05) is 50.2 Å². The summed E-state index contributed by atoms with van der Waals surface area (Å²) < 4.78 is 10.5. The van der Waals surface area contributed by atoms with E-state index >= 15 is 0 Å². The zero-order valence-electron chi connectivity index (χ0n) is 14.2. The van der Waals surface area contributed by atoms with Gasteiger partial charge in [0.15, 0.2) is 0 Å². The first-order valence-electron chi connectivity index (χ1n) is 7.95. The second-order valence-corrected chi connectivity index (χ2v) is 5.66. The molecule has 0 aliphatic carbocycles. The van der Waals surface area contributed by atoms with E-state index in [1.165, 1.54) is 12.1 Å². The molecule has 1 saturated heterocycles. The van der Waals surface area contributed by atoms with Crippen LogP contribution in [0.5, 0.6) is 11.6 Å². The van der Waals surface area contributed by atoms with Crippen molar-refractivity contribution in [1.82, 2.24) is 4.98 Å². The lowest BCUT2D eigenvalue weighted by molar-refractivity contribution is -0.384. The van der Waals surface area contributed by atoms with Crippen molar-refractivity contribution in [3.8, 4) is 11.6 Å². The number of piperazine rings is 1. The number of hydrogen-bond donors (Lipinski definition) is 0. The fraction of sp³-hybridized carbons (Fsp3) is 0.353. The smallest absolute Gasteiger partial charge is 0.269 e. The molecule has 0 unspecified atom stereocenters. The van der Waals surface area contributed by atoms with E-state index in [9.17, 15) is 10.1 Å². The van der Waals surface area contributed by atoms with Gasteiger partial charge in [-0.2, -0.15) is 4.98 Å². The molecule has 25 heavy (non-hydrogen) atoms. The summed E-state index contributed by atoms with van der Waals surface area (Å²) in [6, 6.07) is 10.3. The molecule has 3 rings (SSSR count). The van der Waals surface area contributed by atoms with E-state index in [0.29, 0.717) is 11.6 Å². The Bertz CT molecular complexity index is 721. The maximum atomic E-state index is 10.8.